The van der Waals surface area contributed by atoms with Gasteiger partial charge in [0.1, 0.15) is 17.6 Å². The minimum absolute atomic E-state index is 0.166. The molecule has 0 spiro atoms. The fourth-order valence-electron chi connectivity index (χ4n) is 1.43. The van der Waals surface area contributed by atoms with E-state index in [0.717, 1.165) is 4.47 Å². The Morgan fingerprint density at radius 2 is 1.89 bits per heavy atom. The molecule has 0 aliphatic rings. The van der Waals surface area contributed by atoms with Crippen molar-refractivity contribution in [3.05, 3.63) is 50.7 Å². The van der Waals surface area contributed by atoms with Crippen LogP contribution in [0.3, 0.4) is 0 Å². The van der Waals surface area contributed by atoms with Crippen molar-refractivity contribution < 1.29 is 9.13 Å². The highest BCUT2D eigenvalue weighted by atomic mass is 79.9. The lowest BCUT2D eigenvalue weighted by Crippen LogP contribution is -1.95. The van der Waals surface area contributed by atoms with Crippen LogP contribution in [0.1, 0.15) is 5.56 Å². The molecule has 3 nitrogen and oxygen atoms in total. The largest absolute Gasteiger partial charge is 0.454 e. The van der Waals surface area contributed by atoms with Gasteiger partial charge in [0.15, 0.2) is 5.75 Å². The molecule has 96 valence electrons. The standard InChI is InChI=1S/C13H7Br2FN2O/c14-8-1-2-12(7(3-8)6-17)19-13-5-10(16)9(15)4-11(13)18/h1-5H,18H2. The molecule has 0 heterocycles. The fraction of sp³-hybridized carbons (Fsp3) is 0. The van der Waals surface area contributed by atoms with Crippen LogP contribution in [-0.2, 0) is 0 Å². The lowest BCUT2D eigenvalue weighted by Gasteiger charge is -2.10. The van der Waals surface area contributed by atoms with Crippen molar-refractivity contribution in [1.29, 1.82) is 5.26 Å². The van der Waals surface area contributed by atoms with E-state index in [1.165, 1.54) is 12.1 Å². The van der Waals surface area contributed by atoms with Gasteiger partial charge in [-0.05, 0) is 40.2 Å². The highest BCUT2D eigenvalue weighted by Gasteiger charge is 2.11. The molecule has 19 heavy (non-hydrogen) atoms. The molecule has 0 atom stereocenters. The van der Waals surface area contributed by atoms with Gasteiger partial charge in [-0.2, -0.15) is 5.26 Å². The summed E-state index contributed by atoms with van der Waals surface area (Å²) in [6, 6.07) is 9.53. The van der Waals surface area contributed by atoms with Crippen LogP contribution in [0.5, 0.6) is 11.5 Å². The van der Waals surface area contributed by atoms with Crippen LogP contribution >= 0.6 is 31.9 Å². The summed E-state index contributed by atoms with van der Waals surface area (Å²) in [5.41, 5.74) is 6.35. The van der Waals surface area contributed by atoms with E-state index in [2.05, 4.69) is 31.9 Å². The Kier molecular flexibility index (Phi) is 4.08. The van der Waals surface area contributed by atoms with Crippen LogP contribution in [0, 0.1) is 17.1 Å². The third-order valence-electron chi connectivity index (χ3n) is 2.33. The maximum absolute atomic E-state index is 13.5. The maximum Gasteiger partial charge on any atom is 0.153 e. The Labute approximate surface area is 126 Å². The van der Waals surface area contributed by atoms with E-state index < -0.39 is 5.82 Å². The van der Waals surface area contributed by atoms with Gasteiger partial charge in [0.2, 0.25) is 0 Å². The molecular weight excluding hydrogens is 379 g/mol. The summed E-state index contributed by atoms with van der Waals surface area (Å²) in [6.07, 6.45) is 0. The maximum atomic E-state index is 13.5. The zero-order valence-corrected chi connectivity index (χ0v) is 12.6. The second-order valence-corrected chi connectivity index (χ2v) is 5.43. The van der Waals surface area contributed by atoms with Gasteiger partial charge in [0, 0.05) is 10.5 Å². The first-order chi connectivity index (χ1) is 9.01. The van der Waals surface area contributed by atoms with Crippen molar-refractivity contribution in [3.63, 3.8) is 0 Å². The number of rotatable bonds is 2. The number of nitrogens with zero attached hydrogens (tertiary/aromatic N) is 1. The predicted octanol–water partition coefficient (Wildman–Crippen LogP) is 4.60. The molecule has 2 aromatic rings. The zero-order valence-electron chi connectivity index (χ0n) is 9.45. The normalized spacial score (nSPS) is 10.0. The Hall–Kier alpha value is -1.58. The number of hydrogen-bond donors (Lipinski definition) is 1. The lowest BCUT2D eigenvalue weighted by molar-refractivity contribution is 0.477. The number of ether oxygens (including phenoxy) is 1. The van der Waals surface area contributed by atoms with Crippen LogP contribution < -0.4 is 10.5 Å². The highest BCUT2D eigenvalue weighted by Crippen LogP contribution is 2.34. The molecule has 0 aromatic heterocycles. The minimum atomic E-state index is -0.486. The Morgan fingerprint density at radius 3 is 2.58 bits per heavy atom. The van der Waals surface area contributed by atoms with Crippen molar-refractivity contribution in [2.24, 2.45) is 0 Å². The van der Waals surface area contributed by atoms with E-state index in [9.17, 15) is 4.39 Å². The van der Waals surface area contributed by atoms with Crippen molar-refractivity contribution in [1.82, 2.24) is 0 Å². The van der Waals surface area contributed by atoms with Crippen molar-refractivity contribution in [2.45, 2.75) is 0 Å². The molecule has 0 aliphatic carbocycles. The number of benzene rings is 2. The molecular formula is C13H7Br2FN2O. The summed E-state index contributed by atoms with van der Waals surface area (Å²) >= 11 is 6.29. The van der Waals surface area contributed by atoms with Crippen LogP contribution in [0.25, 0.3) is 0 Å². The van der Waals surface area contributed by atoms with Crippen LogP contribution in [0.15, 0.2) is 39.3 Å². The van der Waals surface area contributed by atoms with E-state index in [-0.39, 0.29) is 15.9 Å². The van der Waals surface area contributed by atoms with Crippen LogP contribution in [0.2, 0.25) is 0 Å². The summed E-state index contributed by atoms with van der Waals surface area (Å²) in [6.45, 7) is 0. The average molecular weight is 386 g/mol. The van der Waals surface area contributed by atoms with E-state index in [1.54, 1.807) is 18.2 Å². The third kappa shape index (κ3) is 3.06. The molecule has 0 unspecified atom stereocenters. The average Bonchev–Trinajstić information content (AvgIpc) is 2.37. The van der Waals surface area contributed by atoms with Gasteiger partial charge in [-0.25, -0.2) is 4.39 Å². The second-order valence-electron chi connectivity index (χ2n) is 3.66. The molecule has 0 saturated carbocycles. The molecule has 0 aliphatic heterocycles. The molecule has 0 amide bonds. The van der Waals surface area contributed by atoms with Crippen molar-refractivity contribution >= 4 is 37.5 Å². The SMILES string of the molecule is N#Cc1cc(Br)ccc1Oc1cc(F)c(Br)cc1N. The van der Waals surface area contributed by atoms with Gasteiger partial charge >= 0.3 is 0 Å². The van der Waals surface area contributed by atoms with Crippen LogP contribution in [0.4, 0.5) is 10.1 Å². The predicted molar refractivity (Wildman–Crippen MR) is 77.4 cm³/mol. The Bertz CT molecular complexity index is 683. The molecule has 2 aromatic carbocycles. The minimum Gasteiger partial charge on any atom is -0.454 e. The smallest absolute Gasteiger partial charge is 0.153 e. The lowest BCUT2D eigenvalue weighted by atomic mass is 10.2. The van der Waals surface area contributed by atoms with E-state index in [0.29, 0.717) is 11.3 Å². The first-order valence-corrected chi connectivity index (χ1v) is 6.72. The number of halogens is 3. The number of nitrogen functional groups attached to an aromatic ring is 1. The van der Waals surface area contributed by atoms with Gasteiger partial charge < -0.3 is 10.5 Å². The van der Waals surface area contributed by atoms with E-state index >= 15 is 0 Å². The Balaban J connectivity index is 2.42. The Morgan fingerprint density at radius 1 is 1.16 bits per heavy atom. The quantitative estimate of drug-likeness (QED) is 0.768. The number of nitriles is 1. The number of hydrogen-bond acceptors (Lipinski definition) is 3. The molecule has 6 heteroatoms. The van der Waals surface area contributed by atoms with Gasteiger partial charge in [-0.3, -0.25) is 0 Å². The summed E-state index contributed by atoms with van der Waals surface area (Å²) in [4.78, 5) is 0. The van der Waals surface area contributed by atoms with Gasteiger partial charge in [0.25, 0.3) is 0 Å². The third-order valence-corrected chi connectivity index (χ3v) is 3.44. The summed E-state index contributed by atoms with van der Waals surface area (Å²) in [7, 11) is 0. The fourth-order valence-corrected chi connectivity index (χ4v) is 2.15. The van der Waals surface area contributed by atoms with E-state index in [4.69, 9.17) is 15.7 Å². The summed E-state index contributed by atoms with van der Waals surface area (Å²) in [5, 5.41) is 9.03. The van der Waals surface area contributed by atoms with Crippen LogP contribution in [-0.4, -0.2) is 0 Å². The van der Waals surface area contributed by atoms with Gasteiger partial charge in [-0.1, -0.05) is 15.9 Å². The van der Waals surface area contributed by atoms with Crippen molar-refractivity contribution in [3.8, 4) is 17.6 Å². The topological polar surface area (TPSA) is 59.0 Å². The second kappa shape index (κ2) is 5.59. The molecule has 0 fully saturated rings. The number of anilines is 1. The highest BCUT2D eigenvalue weighted by molar-refractivity contribution is 9.10. The summed E-state index contributed by atoms with van der Waals surface area (Å²) < 4.78 is 20.0. The van der Waals surface area contributed by atoms with E-state index in [1.807, 2.05) is 6.07 Å². The van der Waals surface area contributed by atoms with Gasteiger partial charge in [0.05, 0.1) is 15.7 Å². The summed E-state index contributed by atoms with van der Waals surface area (Å²) in [5.74, 6) is -0.00142. The first-order valence-electron chi connectivity index (χ1n) is 5.13. The molecule has 0 bridgehead atoms. The molecule has 2 rings (SSSR count). The molecule has 0 radical (unpaired) electrons. The number of nitrogens with two attached hydrogens (primary N) is 1. The molecule has 2 N–H and O–H groups in total. The van der Waals surface area contributed by atoms with Gasteiger partial charge in [-0.15, -0.1) is 0 Å². The zero-order chi connectivity index (χ0) is 14.0. The first kappa shape index (κ1) is 13.8. The van der Waals surface area contributed by atoms with Crippen molar-refractivity contribution in [2.75, 3.05) is 5.73 Å². The molecule has 0 saturated heterocycles. The monoisotopic (exact) mass is 384 g/mol.